The Labute approximate surface area is 133 Å². The van der Waals surface area contributed by atoms with Crippen LogP contribution in [0.1, 0.15) is 38.4 Å². The number of fused-ring (bicyclic) bond motifs is 1. The summed E-state index contributed by atoms with van der Waals surface area (Å²) in [6.07, 6.45) is 4.59. The standard InChI is InChI=1S/C17H16N2O4/c20-10-14-9-16(5-6-18-14)23-15-4-3-11-7-13(17(21)19-22)2-1-12(11)8-15/h1-2,5-7,9-10,15,22H,3-4,8H2,(H,19,21). The van der Waals surface area contributed by atoms with Gasteiger partial charge in [0.05, 0.1) is 0 Å². The summed E-state index contributed by atoms with van der Waals surface area (Å²) in [5.41, 5.74) is 4.65. The van der Waals surface area contributed by atoms with E-state index in [1.165, 1.54) is 0 Å². The number of aldehydes is 1. The summed E-state index contributed by atoms with van der Waals surface area (Å²) in [4.78, 5) is 26.1. The zero-order chi connectivity index (χ0) is 16.2. The van der Waals surface area contributed by atoms with Crippen molar-refractivity contribution in [2.24, 2.45) is 0 Å². The summed E-state index contributed by atoms with van der Waals surface area (Å²) in [7, 11) is 0. The number of carbonyl (C=O) groups is 2. The molecule has 0 saturated heterocycles. The second-order valence-corrected chi connectivity index (χ2v) is 5.44. The summed E-state index contributed by atoms with van der Waals surface area (Å²) < 4.78 is 5.94. The first kappa shape index (κ1) is 15.2. The number of benzene rings is 1. The lowest BCUT2D eigenvalue weighted by Gasteiger charge is -2.26. The number of nitrogens with zero attached hydrogens (tertiary/aromatic N) is 1. The number of pyridine rings is 1. The second kappa shape index (κ2) is 6.58. The van der Waals surface area contributed by atoms with Crippen LogP contribution in [0.5, 0.6) is 5.75 Å². The second-order valence-electron chi connectivity index (χ2n) is 5.44. The number of hydrogen-bond donors (Lipinski definition) is 2. The van der Waals surface area contributed by atoms with Gasteiger partial charge >= 0.3 is 0 Å². The summed E-state index contributed by atoms with van der Waals surface area (Å²) in [5.74, 6) is 0.121. The van der Waals surface area contributed by atoms with Crippen molar-refractivity contribution in [1.82, 2.24) is 10.5 Å². The molecule has 2 N–H and O–H groups in total. The van der Waals surface area contributed by atoms with E-state index in [2.05, 4.69) is 4.98 Å². The van der Waals surface area contributed by atoms with Gasteiger partial charge in [-0.25, -0.2) is 5.48 Å². The Hall–Kier alpha value is -2.73. The average Bonchev–Trinajstić information content (AvgIpc) is 2.60. The number of aromatic nitrogens is 1. The van der Waals surface area contributed by atoms with Gasteiger partial charge in [0.2, 0.25) is 0 Å². The fraction of sp³-hybridized carbons (Fsp3) is 0.235. The molecule has 23 heavy (non-hydrogen) atoms. The highest BCUT2D eigenvalue weighted by Gasteiger charge is 2.21. The predicted octanol–water partition coefficient (Wildman–Crippen LogP) is 1.95. The van der Waals surface area contributed by atoms with E-state index in [-0.39, 0.29) is 6.10 Å². The zero-order valence-electron chi connectivity index (χ0n) is 12.4. The van der Waals surface area contributed by atoms with Crippen LogP contribution < -0.4 is 10.2 Å². The first-order chi connectivity index (χ1) is 11.2. The molecule has 6 heteroatoms. The summed E-state index contributed by atoms with van der Waals surface area (Å²) in [5, 5.41) is 8.69. The lowest BCUT2D eigenvalue weighted by atomic mass is 9.88. The van der Waals surface area contributed by atoms with E-state index in [9.17, 15) is 9.59 Å². The van der Waals surface area contributed by atoms with Crippen LogP contribution in [0, 0.1) is 0 Å². The molecule has 1 aliphatic carbocycles. The molecule has 6 nitrogen and oxygen atoms in total. The van der Waals surface area contributed by atoms with E-state index >= 15 is 0 Å². The molecule has 1 heterocycles. The van der Waals surface area contributed by atoms with E-state index < -0.39 is 5.91 Å². The van der Waals surface area contributed by atoms with Gasteiger partial charge in [-0.1, -0.05) is 6.07 Å². The van der Waals surface area contributed by atoms with Crippen molar-refractivity contribution in [3.8, 4) is 5.75 Å². The molecule has 0 spiro atoms. The lowest BCUT2D eigenvalue weighted by molar-refractivity contribution is 0.0706. The van der Waals surface area contributed by atoms with E-state index in [0.717, 1.165) is 30.4 Å². The molecule has 3 rings (SSSR count). The van der Waals surface area contributed by atoms with Gasteiger partial charge in [0.15, 0.2) is 6.29 Å². The van der Waals surface area contributed by atoms with Crippen LogP contribution in [-0.2, 0) is 12.8 Å². The Morgan fingerprint density at radius 2 is 2.17 bits per heavy atom. The van der Waals surface area contributed by atoms with Gasteiger partial charge in [0.25, 0.3) is 5.91 Å². The molecule has 0 bridgehead atoms. The topological polar surface area (TPSA) is 88.5 Å². The molecule has 1 amide bonds. The van der Waals surface area contributed by atoms with E-state index in [1.54, 1.807) is 35.9 Å². The molecule has 1 unspecified atom stereocenters. The predicted molar refractivity (Wildman–Crippen MR) is 81.8 cm³/mol. The highest BCUT2D eigenvalue weighted by Crippen LogP contribution is 2.26. The number of nitrogens with one attached hydrogen (secondary N) is 1. The normalized spacial score (nSPS) is 16.3. The molecule has 0 fully saturated rings. The van der Waals surface area contributed by atoms with Crippen molar-refractivity contribution < 1.29 is 19.5 Å². The highest BCUT2D eigenvalue weighted by molar-refractivity contribution is 5.93. The van der Waals surface area contributed by atoms with Crippen molar-refractivity contribution in [3.63, 3.8) is 0 Å². The van der Waals surface area contributed by atoms with E-state index in [1.807, 2.05) is 6.07 Å². The molecular weight excluding hydrogens is 296 g/mol. The van der Waals surface area contributed by atoms with Crippen molar-refractivity contribution in [3.05, 3.63) is 58.9 Å². The first-order valence-corrected chi connectivity index (χ1v) is 7.33. The molecule has 0 saturated carbocycles. The van der Waals surface area contributed by atoms with Crippen LogP contribution in [0.4, 0.5) is 0 Å². The fourth-order valence-corrected chi connectivity index (χ4v) is 2.79. The van der Waals surface area contributed by atoms with Gasteiger partial charge < -0.3 is 4.74 Å². The number of amides is 1. The van der Waals surface area contributed by atoms with Crippen molar-refractivity contribution in [2.45, 2.75) is 25.4 Å². The molecule has 1 aliphatic rings. The summed E-state index contributed by atoms with van der Waals surface area (Å²) in [6.45, 7) is 0. The quantitative estimate of drug-likeness (QED) is 0.512. The van der Waals surface area contributed by atoms with Crippen LogP contribution in [0.3, 0.4) is 0 Å². The van der Waals surface area contributed by atoms with Crippen LogP contribution in [-0.4, -0.2) is 28.5 Å². The smallest absolute Gasteiger partial charge is 0.274 e. The number of aryl methyl sites for hydroxylation is 1. The fourth-order valence-electron chi connectivity index (χ4n) is 2.79. The maximum absolute atomic E-state index is 11.4. The maximum atomic E-state index is 11.4. The molecule has 1 atom stereocenters. The molecule has 1 aromatic carbocycles. The molecule has 0 radical (unpaired) electrons. The van der Waals surface area contributed by atoms with Crippen molar-refractivity contribution >= 4 is 12.2 Å². The Kier molecular flexibility index (Phi) is 4.34. The van der Waals surface area contributed by atoms with E-state index in [4.69, 9.17) is 9.94 Å². The number of hydroxylamine groups is 1. The maximum Gasteiger partial charge on any atom is 0.274 e. The third kappa shape index (κ3) is 3.37. The largest absolute Gasteiger partial charge is 0.490 e. The van der Waals surface area contributed by atoms with Gasteiger partial charge in [0, 0.05) is 24.2 Å². The number of hydrogen-bond acceptors (Lipinski definition) is 5. The molecular formula is C17H16N2O4. The van der Waals surface area contributed by atoms with Gasteiger partial charge in [-0.3, -0.25) is 19.8 Å². The van der Waals surface area contributed by atoms with Crippen molar-refractivity contribution in [1.29, 1.82) is 0 Å². The highest BCUT2D eigenvalue weighted by atomic mass is 16.5. The Morgan fingerprint density at radius 1 is 1.30 bits per heavy atom. The number of carbonyl (C=O) groups excluding carboxylic acids is 2. The summed E-state index contributed by atoms with van der Waals surface area (Å²) >= 11 is 0. The van der Waals surface area contributed by atoms with Crippen LogP contribution >= 0.6 is 0 Å². The number of ether oxygens (including phenoxy) is 1. The molecule has 0 aliphatic heterocycles. The first-order valence-electron chi connectivity index (χ1n) is 7.33. The molecule has 2 aromatic rings. The number of rotatable bonds is 4. The van der Waals surface area contributed by atoms with Crippen molar-refractivity contribution in [2.75, 3.05) is 0 Å². The SMILES string of the molecule is O=Cc1cc(OC2CCc3cc(C(=O)NO)ccc3C2)ccn1. The Bertz CT molecular complexity index is 745. The average molecular weight is 312 g/mol. The van der Waals surface area contributed by atoms with Gasteiger partial charge in [-0.05, 0) is 42.2 Å². The molecule has 118 valence electrons. The Morgan fingerprint density at radius 3 is 2.96 bits per heavy atom. The minimum atomic E-state index is -0.510. The third-order valence-corrected chi connectivity index (χ3v) is 3.93. The molecule has 1 aromatic heterocycles. The van der Waals surface area contributed by atoms with Crippen LogP contribution in [0.2, 0.25) is 0 Å². The Balaban J connectivity index is 1.72. The van der Waals surface area contributed by atoms with Gasteiger partial charge in [-0.2, -0.15) is 0 Å². The minimum Gasteiger partial charge on any atom is -0.490 e. The zero-order valence-corrected chi connectivity index (χ0v) is 12.4. The third-order valence-electron chi connectivity index (χ3n) is 3.93. The van der Waals surface area contributed by atoms with E-state index in [0.29, 0.717) is 23.3 Å². The van der Waals surface area contributed by atoms with Gasteiger partial charge in [-0.15, -0.1) is 0 Å². The van der Waals surface area contributed by atoms with Crippen LogP contribution in [0.25, 0.3) is 0 Å². The lowest BCUT2D eigenvalue weighted by Crippen LogP contribution is -2.26. The monoisotopic (exact) mass is 312 g/mol. The van der Waals surface area contributed by atoms with Crippen LogP contribution in [0.15, 0.2) is 36.5 Å². The summed E-state index contributed by atoms with van der Waals surface area (Å²) in [6, 6.07) is 8.73. The van der Waals surface area contributed by atoms with Gasteiger partial charge in [0.1, 0.15) is 17.5 Å². The minimum absolute atomic E-state index is 0.0157.